The van der Waals surface area contributed by atoms with Gasteiger partial charge < -0.3 is 44.3 Å². The van der Waals surface area contributed by atoms with E-state index in [0.717, 1.165) is 10.5 Å². The van der Waals surface area contributed by atoms with Gasteiger partial charge in [-0.1, -0.05) is 77.0 Å². The molecule has 1 aliphatic carbocycles. The number of methoxy groups -OCH3 is 3. The Morgan fingerprint density at radius 1 is 0.828 bits per heavy atom. The van der Waals surface area contributed by atoms with Gasteiger partial charge in [-0.05, 0) is 107 Å². The summed E-state index contributed by atoms with van der Waals surface area (Å²) in [6.07, 6.45) is 12.6. The quantitative estimate of drug-likeness (QED) is 0.106. The molecule has 0 unspecified atom stereocenters. The second-order valence-electron chi connectivity index (χ2n) is 18.9. The predicted octanol–water partition coefficient (Wildman–Crippen LogP) is 5.92. The van der Waals surface area contributed by atoms with E-state index in [9.17, 15) is 44.4 Å². The molecule has 362 valence electrons. The van der Waals surface area contributed by atoms with E-state index in [4.69, 9.17) is 18.9 Å². The Balaban J connectivity index is 1.95. The Bertz CT molecular complexity index is 1670. The normalized spacial score (nSPS) is 35.7. The van der Waals surface area contributed by atoms with Crippen LogP contribution >= 0.6 is 0 Å². The van der Waals surface area contributed by atoms with E-state index in [0.29, 0.717) is 69.8 Å². The number of aliphatic hydroxyl groups excluding tert-OH is 2. The standard InChI is InChI=1S/C50H79NO13/c1-31-17-11-10-12-18-32(2)41(61-7)21-14-13-19-36(6)50(59,60)47(56)48(57)51-26-16-15-20-39(51)49(58)64-42(34(4)28-37-23-25-40(53)43(29-37)62-8)30-38(52)24-22-33(3)44(54)46(63-9)45(55)35(5)27-31/h10-12,17-18,22,31,34-37,39-44,46,53-54,59-60H,13-16,19-21,23-30H2,1-9H3/b12-10+,17-11+,32-18?,33-22+/t31-,34-,35-,36-,37+,39+,40-,41+,42+,43-,44-,46-/m1/s1. The maximum absolute atomic E-state index is 14.1. The Morgan fingerprint density at radius 2 is 1.52 bits per heavy atom. The lowest BCUT2D eigenvalue weighted by Gasteiger charge is -2.37. The largest absolute Gasteiger partial charge is 0.460 e. The van der Waals surface area contributed by atoms with Crippen molar-refractivity contribution in [1.29, 1.82) is 0 Å². The van der Waals surface area contributed by atoms with Crippen LogP contribution in [0.25, 0.3) is 0 Å². The Labute approximate surface area is 381 Å². The van der Waals surface area contributed by atoms with Crippen LogP contribution in [0, 0.1) is 29.6 Å². The van der Waals surface area contributed by atoms with E-state index in [2.05, 4.69) is 0 Å². The zero-order chi connectivity index (χ0) is 47.7. The van der Waals surface area contributed by atoms with Crippen LogP contribution in [-0.2, 0) is 42.9 Å². The lowest BCUT2D eigenvalue weighted by Crippen LogP contribution is -2.57. The van der Waals surface area contributed by atoms with Gasteiger partial charge in [0.1, 0.15) is 30.1 Å². The number of piperidine rings is 1. The average Bonchev–Trinajstić information content (AvgIpc) is 3.27. The predicted molar refractivity (Wildman–Crippen MR) is 243 cm³/mol. The van der Waals surface area contributed by atoms with Crippen LogP contribution in [0.2, 0.25) is 0 Å². The highest BCUT2D eigenvalue weighted by Gasteiger charge is 2.47. The first-order valence-electron chi connectivity index (χ1n) is 23.5. The summed E-state index contributed by atoms with van der Waals surface area (Å²) in [5.74, 6) is -8.53. The first-order chi connectivity index (χ1) is 30.3. The number of Topliss-reactive ketones (excluding diaryl/α,β-unsaturated/α-hetero) is 3. The van der Waals surface area contributed by atoms with Gasteiger partial charge in [-0.15, -0.1) is 0 Å². The third kappa shape index (κ3) is 15.9. The van der Waals surface area contributed by atoms with Crippen molar-refractivity contribution in [3.8, 4) is 0 Å². The molecule has 3 rings (SSSR count). The van der Waals surface area contributed by atoms with Crippen molar-refractivity contribution in [2.75, 3.05) is 27.9 Å². The van der Waals surface area contributed by atoms with Crippen LogP contribution in [0.5, 0.6) is 0 Å². The van der Waals surface area contributed by atoms with Gasteiger partial charge in [0.2, 0.25) is 5.79 Å². The molecule has 12 atom stereocenters. The van der Waals surface area contributed by atoms with E-state index in [1.54, 1.807) is 27.2 Å². The average molecular weight is 902 g/mol. The van der Waals surface area contributed by atoms with E-state index < -0.39 is 65.7 Å². The number of aliphatic hydroxyl groups is 4. The number of ether oxygens (including phenoxy) is 4. The van der Waals surface area contributed by atoms with Gasteiger partial charge in [-0.25, -0.2) is 4.79 Å². The number of hydrogen-bond donors (Lipinski definition) is 4. The van der Waals surface area contributed by atoms with Crippen molar-refractivity contribution in [1.82, 2.24) is 4.90 Å². The molecule has 0 bridgehead atoms. The van der Waals surface area contributed by atoms with Crippen molar-refractivity contribution in [2.45, 2.75) is 180 Å². The molecule has 0 aromatic rings. The molecule has 64 heavy (non-hydrogen) atoms. The number of allylic oxidation sites excluding steroid dienone is 6. The number of hydrogen-bond acceptors (Lipinski definition) is 13. The lowest BCUT2D eigenvalue weighted by atomic mass is 9.78. The topological polar surface area (TPSA) is 206 Å². The number of nitrogens with zero attached hydrogens (tertiary/aromatic N) is 1. The molecule has 14 heteroatoms. The van der Waals surface area contributed by atoms with Crippen molar-refractivity contribution in [3.05, 3.63) is 47.6 Å². The van der Waals surface area contributed by atoms with Crippen molar-refractivity contribution in [2.24, 2.45) is 29.6 Å². The second-order valence-corrected chi connectivity index (χ2v) is 18.9. The molecule has 2 heterocycles. The van der Waals surface area contributed by atoms with Crippen LogP contribution in [0.1, 0.15) is 131 Å². The maximum atomic E-state index is 14.1. The molecular formula is C50H79NO13. The zero-order valence-corrected chi connectivity index (χ0v) is 39.9. The number of amides is 1. The number of cyclic esters (lactones) is 1. The lowest BCUT2D eigenvalue weighted by molar-refractivity contribution is -0.205. The van der Waals surface area contributed by atoms with Crippen LogP contribution < -0.4 is 0 Å². The van der Waals surface area contributed by atoms with Gasteiger partial charge in [-0.3, -0.25) is 19.2 Å². The van der Waals surface area contributed by atoms with Gasteiger partial charge in [0, 0.05) is 52.6 Å². The van der Waals surface area contributed by atoms with E-state index in [1.807, 2.05) is 58.1 Å². The smallest absolute Gasteiger partial charge is 0.329 e. The highest BCUT2D eigenvalue weighted by Crippen LogP contribution is 2.34. The van der Waals surface area contributed by atoms with Crippen molar-refractivity contribution < 1.29 is 63.3 Å². The van der Waals surface area contributed by atoms with Crippen LogP contribution in [0.3, 0.4) is 0 Å². The first-order valence-corrected chi connectivity index (χ1v) is 23.5. The molecule has 3 aliphatic rings. The molecule has 2 fully saturated rings. The molecule has 1 amide bonds. The summed E-state index contributed by atoms with van der Waals surface area (Å²) < 4.78 is 22.9. The van der Waals surface area contributed by atoms with Crippen LogP contribution in [0.15, 0.2) is 47.6 Å². The summed E-state index contributed by atoms with van der Waals surface area (Å²) in [6.45, 7) is 10.8. The molecule has 1 saturated carbocycles. The minimum absolute atomic E-state index is 0.0304. The Kier molecular flexibility index (Phi) is 22.9. The summed E-state index contributed by atoms with van der Waals surface area (Å²) in [7, 11) is 4.54. The third-order valence-corrected chi connectivity index (χ3v) is 13.8. The summed E-state index contributed by atoms with van der Waals surface area (Å²) in [5, 5.41) is 44.0. The number of esters is 1. The van der Waals surface area contributed by atoms with E-state index in [-0.39, 0.29) is 73.8 Å². The Morgan fingerprint density at radius 3 is 2.19 bits per heavy atom. The fraction of sp³-hybridized carbons (Fsp3) is 0.740. The number of fused-ring (bicyclic) bond motifs is 1. The minimum atomic E-state index is -2.97. The fourth-order valence-electron chi connectivity index (χ4n) is 9.38. The molecule has 0 spiro atoms. The number of ketones is 3. The summed E-state index contributed by atoms with van der Waals surface area (Å²) in [4.78, 5) is 69.9. The van der Waals surface area contributed by atoms with Gasteiger partial charge >= 0.3 is 5.97 Å². The summed E-state index contributed by atoms with van der Waals surface area (Å²) in [5.41, 5.74) is 1.36. The number of rotatable bonds is 6. The molecule has 4 N–H and O–H groups in total. The summed E-state index contributed by atoms with van der Waals surface area (Å²) in [6, 6.07) is -1.19. The molecule has 0 aromatic carbocycles. The van der Waals surface area contributed by atoms with Crippen LogP contribution in [-0.4, -0.2) is 131 Å². The molecule has 0 aromatic heterocycles. The van der Waals surface area contributed by atoms with Gasteiger partial charge in [-0.2, -0.15) is 0 Å². The third-order valence-electron chi connectivity index (χ3n) is 13.8. The molecule has 1 saturated heterocycles. The number of carbonyl (C=O) groups is 5. The monoisotopic (exact) mass is 902 g/mol. The Hall–Kier alpha value is -3.37. The van der Waals surface area contributed by atoms with Crippen molar-refractivity contribution in [3.63, 3.8) is 0 Å². The SMILES string of the molecule is CO[C@H]1CCCC[C@@H](C)C(O)(O)C(=O)C(=O)N2CCCC[C@H]2C(=O)O[C@H]([C@H](C)C[C@@H]2CC[C@@H](O)[C@H](OC)C2)CC(=O)C/C=C(\C)[C@@H](O)[C@@H](OC)C(=O)[C@H](C)C[C@H](C)/C=C/C=C/C=C1C. The number of carbonyl (C=O) groups excluding carboxylic acids is 5. The van der Waals surface area contributed by atoms with E-state index in [1.165, 1.54) is 14.0 Å². The molecule has 14 nitrogen and oxygen atoms in total. The van der Waals surface area contributed by atoms with Crippen LogP contribution in [0.4, 0.5) is 0 Å². The highest BCUT2D eigenvalue weighted by atomic mass is 16.5. The van der Waals surface area contributed by atoms with Gasteiger partial charge in [0.05, 0.1) is 18.3 Å². The molecular weight excluding hydrogens is 823 g/mol. The molecule has 2 aliphatic heterocycles. The minimum Gasteiger partial charge on any atom is -0.460 e. The summed E-state index contributed by atoms with van der Waals surface area (Å²) >= 11 is 0. The second kappa shape index (κ2) is 26.7. The van der Waals surface area contributed by atoms with Gasteiger partial charge in [0.25, 0.3) is 11.7 Å². The highest BCUT2D eigenvalue weighted by molar-refractivity contribution is 6.39. The molecule has 0 radical (unpaired) electrons. The van der Waals surface area contributed by atoms with E-state index >= 15 is 0 Å². The maximum Gasteiger partial charge on any atom is 0.329 e. The zero-order valence-electron chi connectivity index (χ0n) is 39.9. The van der Waals surface area contributed by atoms with Crippen molar-refractivity contribution >= 4 is 29.2 Å². The fourth-order valence-corrected chi connectivity index (χ4v) is 9.38. The first kappa shape index (κ1) is 55.0. The van der Waals surface area contributed by atoms with Gasteiger partial charge in [0.15, 0.2) is 5.78 Å².